The van der Waals surface area contributed by atoms with E-state index in [-0.39, 0.29) is 24.6 Å². The van der Waals surface area contributed by atoms with Crippen molar-refractivity contribution in [3.05, 3.63) is 89.2 Å². The van der Waals surface area contributed by atoms with Crippen LogP contribution in [0.1, 0.15) is 58.8 Å². The number of piperidine rings is 1. The minimum atomic E-state index is -4.65. The van der Waals surface area contributed by atoms with Gasteiger partial charge in [0.15, 0.2) is 5.78 Å². The van der Waals surface area contributed by atoms with Crippen LogP contribution in [0.15, 0.2) is 66.9 Å². The molecule has 2 saturated heterocycles. The lowest BCUT2D eigenvalue weighted by Gasteiger charge is -2.37. The number of alkyl halides is 3. The van der Waals surface area contributed by atoms with Crippen LogP contribution in [-0.2, 0) is 10.9 Å². The first-order chi connectivity index (χ1) is 17.8. The smallest absolute Gasteiger partial charge is 0.418 e. The fraction of sp³-hybridized carbons (Fsp3) is 0.345. The molecule has 2 aliphatic heterocycles. The molecular formula is C29H25F3N2O3. The number of carbonyl (C=O) groups is 2. The van der Waals surface area contributed by atoms with Crippen LogP contribution < -0.4 is 0 Å². The number of fused-ring (bicyclic) bond motifs is 5. The molecule has 0 radical (unpaired) electrons. The number of ether oxygens (including phenoxy) is 1. The highest BCUT2D eigenvalue weighted by Gasteiger charge is 2.47. The summed E-state index contributed by atoms with van der Waals surface area (Å²) in [5.74, 6) is -1.26. The molecule has 3 aromatic rings. The number of Topliss-reactive ketones (excluding diaryl/α,β-unsaturated/α-hetero) is 1. The third-order valence-electron chi connectivity index (χ3n) is 8.00. The summed E-state index contributed by atoms with van der Waals surface area (Å²) in [6.07, 6.45) is -1.83. The minimum absolute atomic E-state index is 0.0573. The number of carbonyl (C=O) groups excluding carboxylic acids is 2. The first-order valence-electron chi connectivity index (χ1n) is 12.5. The first-order valence-corrected chi connectivity index (χ1v) is 12.5. The zero-order valence-corrected chi connectivity index (χ0v) is 19.9. The van der Waals surface area contributed by atoms with E-state index >= 15 is 0 Å². The van der Waals surface area contributed by atoms with Crippen molar-refractivity contribution < 1.29 is 27.5 Å². The van der Waals surface area contributed by atoms with Gasteiger partial charge in [-0.3, -0.25) is 9.78 Å². The first kappa shape index (κ1) is 23.7. The van der Waals surface area contributed by atoms with Gasteiger partial charge in [-0.1, -0.05) is 48.5 Å². The highest BCUT2D eigenvalue weighted by molar-refractivity contribution is 5.97. The second-order valence-corrected chi connectivity index (χ2v) is 10.0. The summed E-state index contributed by atoms with van der Waals surface area (Å²) < 4.78 is 46.2. The second-order valence-electron chi connectivity index (χ2n) is 10.0. The summed E-state index contributed by atoms with van der Waals surface area (Å²) in [5.41, 5.74) is 3.00. The predicted octanol–water partition coefficient (Wildman–Crippen LogP) is 6.48. The van der Waals surface area contributed by atoms with Gasteiger partial charge in [0, 0.05) is 30.1 Å². The van der Waals surface area contributed by atoms with E-state index in [1.165, 1.54) is 12.3 Å². The zero-order chi connectivity index (χ0) is 25.7. The van der Waals surface area contributed by atoms with Gasteiger partial charge in [0.1, 0.15) is 12.3 Å². The number of benzene rings is 2. The molecule has 1 aliphatic carbocycles. The summed E-state index contributed by atoms with van der Waals surface area (Å²) in [5, 5.41) is 0. The topological polar surface area (TPSA) is 59.5 Å². The van der Waals surface area contributed by atoms with Gasteiger partial charge in [-0.2, -0.15) is 13.2 Å². The standard InChI is InChI=1S/C29H25F3N2O3/c30-29(31,32)25-10-5-13-33-26(25)27(35)17-14-18-11-12-19(15-17)34(18)28(36)37-16-24-22-8-3-1-6-20(22)21-7-2-4-9-23(21)24/h1-10,13,17-19,24H,11-12,14-16H2. The number of aromatic nitrogens is 1. The number of nitrogens with zero attached hydrogens (tertiary/aromatic N) is 2. The van der Waals surface area contributed by atoms with Crippen LogP contribution in [0.3, 0.4) is 0 Å². The largest absolute Gasteiger partial charge is 0.448 e. The fourth-order valence-corrected chi connectivity index (χ4v) is 6.38. The Morgan fingerprint density at radius 3 is 2.08 bits per heavy atom. The molecule has 8 heteroatoms. The Bertz CT molecular complexity index is 1310. The van der Waals surface area contributed by atoms with Crippen LogP contribution in [0.4, 0.5) is 18.0 Å². The van der Waals surface area contributed by atoms with Crippen molar-refractivity contribution in [3.8, 4) is 11.1 Å². The molecule has 6 rings (SSSR count). The van der Waals surface area contributed by atoms with Crippen LogP contribution in [0.2, 0.25) is 0 Å². The molecule has 2 aromatic carbocycles. The number of amides is 1. The van der Waals surface area contributed by atoms with Gasteiger partial charge in [0.25, 0.3) is 0 Å². The molecule has 3 heterocycles. The summed E-state index contributed by atoms with van der Waals surface area (Å²) >= 11 is 0. The Hall–Kier alpha value is -3.68. The van der Waals surface area contributed by atoms with Gasteiger partial charge < -0.3 is 9.64 Å². The monoisotopic (exact) mass is 506 g/mol. The molecule has 0 N–H and O–H groups in total. The van der Waals surface area contributed by atoms with Crippen LogP contribution >= 0.6 is 0 Å². The lowest BCUT2D eigenvalue weighted by atomic mass is 9.85. The Morgan fingerprint density at radius 1 is 0.892 bits per heavy atom. The Labute approximate surface area is 212 Å². The maximum absolute atomic E-state index is 13.4. The molecule has 2 fully saturated rings. The summed E-state index contributed by atoms with van der Waals surface area (Å²) in [7, 11) is 0. The van der Waals surface area contributed by atoms with E-state index in [0.29, 0.717) is 25.7 Å². The number of halogens is 3. The molecule has 1 aromatic heterocycles. The molecule has 2 unspecified atom stereocenters. The predicted molar refractivity (Wildman–Crippen MR) is 130 cm³/mol. The van der Waals surface area contributed by atoms with Crippen molar-refractivity contribution in [2.24, 2.45) is 5.92 Å². The van der Waals surface area contributed by atoms with Crippen molar-refractivity contribution in [1.82, 2.24) is 9.88 Å². The SMILES string of the molecule is O=C(c1ncccc1C(F)(F)F)C1CC2CCC(C1)N2C(=O)OCC1c2ccccc2-c2ccccc21. The van der Waals surface area contributed by atoms with E-state index in [4.69, 9.17) is 4.74 Å². The van der Waals surface area contributed by atoms with Crippen molar-refractivity contribution in [1.29, 1.82) is 0 Å². The molecule has 3 aliphatic rings. The van der Waals surface area contributed by atoms with Crippen molar-refractivity contribution in [2.75, 3.05) is 6.61 Å². The van der Waals surface area contributed by atoms with E-state index in [2.05, 4.69) is 29.2 Å². The Kier molecular flexibility index (Phi) is 5.77. The van der Waals surface area contributed by atoms with Gasteiger partial charge >= 0.3 is 12.3 Å². The molecule has 190 valence electrons. The lowest BCUT2D eigenvalue weighted by molar-refractivity contribution is -0.138. The molecule has 37 heavy (non-hydrogen) atoms. The van der Waals surface area contributed by atoms with E-state index in [9.17, 15) is 22.8 Å². The third-order valence-corrected chi connectivity index (χ3v) is 8.00. The van der Waals surface area contributed by atoms with Crippen molar-refractivity contribution in [2.45, 2.75) is 49.9 Å². The van der Waals surface area contributed by atoms with Crippen molar-refractivity contribution >= 4 is 11.9 Å². The molecule has 0 spiro atoms. The molecule has 1 amide bonds. The summed E-state index contributed by atoms with van der Waals surface area (Å²) in [4.78, 5) is 31.8. The third kappa shape index (κ3) is 4.08. The Morgan fingerprint density at radius 2 is 1.49 bits per heavy atom. The number of ketones is 1. The van der Waals surface area contributed by atoms with Gasteiger partial charge in [-0.05, 0) is 60.1 Å². The van der Waals surface area contributed by atoms with Gasteiger partial charge in [0.2, 0.25) is 0 Å². The second kappa shape index (κ2) is 9.01. The van der Waals surface area contributed by atoms with E-state index < -0.39 is 35.2 Å². The summed E-state index contributed by atoms with van der Waals surface area (Å²) in [6.45, 7) is 0.202. The number of hydrogen-bond donors (Lipinski definition) is 0. The maximum atomic E-state index is 13.4. The van der Waals surface area contributed by atoms with E-state index in [0.717, 1.165) is 28.3 Å². The number of rotatable bonds is 4. The maximum Gasteiger partial charge on any atom is 0.418 e. The van der Waals surface area contributed by atoms with E-state index in [1.54, 1.807) is 4.90 Å². The van der Waals surface area contributed by atoms with Gasteiger partial charge in [0.05, 0.1) is 5.56 Å². The van der Waals surface area contributed by atoms with E-state index in [1.807, 2.05) is 24.3 Å². The molecule has 5 nitrogen and oxygen atoms in total. The molecule has 2 bridgehead atoms. The minimum Gasteiger partial charge on any atom is -0.448 e. The van der Waals surface area contributed by atoms with Crippen LogP contribution in [-0.4, -0.2) is 40.5 Å². The molecule has 2 atom stereocenters. The quantitative estimate of drug-likeness (QED) is 0.380. The molecular weight excluding hydrogens is 481 g/mol. The normalized spacial score (nSPS) is 22.5. The summed E-state index contributed by atoms with van der Waals surface area (Å²) in [6, 6.07) is 17.8. The highest BCUT2D eigenvalue weighted by atomic mass is 19.4. The van der Waals surface area contributed by atoms with Crippen molar-refractivity contribution in [3.63, 3.8) is 0 Å². The zero-order valence-electron chi connectivity index (χ0n) is 19.9. The number of hydrogen-bond acceptors (Lipinski definition) is 4. The molecule has 0 saturated carbocycles. The number of pyridine rings is 1. The average Bonchev–Trinajstić information content (AvgIpc) is 3.36. The average molecular weight is 507 g/mol. The van der Waals surface area contributed by atoms with Crippen LogP contribution in [0, 0.1) is 5.92 Å². The Balaban J connectivity index is 1.15. The highest BCUT2D eigenvalue weighted by Crippen LogP contribution is 2.45. The van der Waals surface area contributed by atoms with Crippen LogP contribution in [0.25, 0.3) is 11.1 Å². The lowest BCUT2D eigenvalue weighted by Crippen LogP contribution is -2.48. The van der Waals surface area contributed by atoms with Crippen LogP contribution in [0.5, 0.6) is 0 Å². The van der Waals surface area contributed by atoms with Gasteiger partial charge in [-0.15, -0.1) is 0 Å². The van der Waals surface area contributed by atoms with Gasteiger partial charge in [-0.25, -0.2) is 4.79 Å². The fourth-order valence-electron chi connectivity index (χ4n) is 6.38.